The summed E-state index contributed by atoms with van der Waals surface area (Å²) >= 11 is 0. The second kappa shape index (κ2) is 5.09. The fraction of sp³-hybridized carbons (Fsp3) is 0.263. The smallest absolute Gasteiger partial charge is 0.253 e. The van der Waals surface area contributed by atoms with Gasteiger partial charge in [0.2, 0.25) is 0 Å². The van der Waals surface area contributed by atoms with E-state index in [9.17, 15) is 4.79 Å². The molecule has 2 heterocycles. The third-order valence-corrected chi connectivity index (χ3v) is 4.95. The topological polar surface area (TPSA) is 33.2 Å². The normalized spacial score (nSPS) is 18.5. The molecule has 1 aromatic carbocycles. The van der Waals surface area contributed by atoms with Gasteiger partial charge in [0.25, 0.3) is 5.91 Å². The lowest BCUT2D eigenvalue weighted by molar-refractivity contribution is 0.0690. The molecule has 1 amide bonds. The minimum Gasteiger partial charge on any atom is -0.339 e. The van der Waals surface area contributed by atoms with Crippen molar-refractivity contribution in [3.05, 3.63) is 71.6 Å². The largest absolute Gasteiger partial charge is 0.339 e. The van der Waals surface area contributed by atoms with Crippen LogP contribution in [0.4, 0.5) is 0 Å². The standard InChI is InChI=1S/C19H18N2O/c22-18(16-6-11-20-12-7-16)21-13-9-19(10-14-21)8-5-15-3-1-2-4-17(15)19/h1-8,11-12H,9-10,13-14H2. The van der Waals surface area contributed by atoms with E-state index in [2.05, 4.69) is 41.4 Å². The highest BCUT2D eigenvalue weighted by Gasteiger charge is 2.38. The Kier molecular flexibility index (Phi) is 3.07. The molecule has 1 aliphatic carbocycles. The van der Waals surface area contributed by atoms with Crippen molar-refractivity contribution in [3.63, 3.8) is 0 Å². The van der Waals surface area contributed by atoms with Crippen LogP contribution in [0.5, 0.6) is 0 Å². The maximum atomic E-state index is 12.5. The van der Waals surface area contributed by atoms with Gasteiger partial charge in [-0.2, -0.15) is 0 Å². The summed E-state index contributed by atoms with van der Waals surface area (Å²) in [5.41, 5.74) is 3.61. The molecule has 1 aromatic heterocycles. The average molecular weight is 290 g/mol. The highest BCUT2D eigenvalue weighted by atomic mass is 16.2. The number of aromatic nitrogens is 1. The van der Waals surface area contributed by atoms with Crippen LogP contribution in [0, 0.1) is 0 Å². The number of nitrogens with zero attached hydrogens (tertiary/aromatic N) is 2. The number of pyridine rings is 1. The van der Waals surface area contributed by atoms with Gasteiger partial charge in [-0.15, -0.1) is 0 Å². The first-order chi connectivity index (χ1) is 10.8. The quantitative estimate of drug-likeness (QED) is 0.807. The van der Waals surface area contributed by atoms with Crippen LogP contribution in [0.25, 0.3) is 6.08 Å². The Morgan fingerprint density at radius 1 is 1.05 bits per heavy atom. The zero-order chi connectivity index (χ0) is 15.0. The van der Waals surface area contributed by atoms with Gasteiger partial charge in [-0.05, 0) is 36.1 Å². The van der Waals surface area contributed by atoms with Gasteiger partial charge in [0, 0.05) is 36.5 Å². The van der Waals surface area contributed by atoms with Gasteiger partial charge in [-0.1, -0.05) is 36.4 Å². The molecule has 0 bridgehead atoms. The van der Waals surface area contributed by atoms with Gasteiger partial charge in [0.05, 0.1) is 0 Å². The SMILES string of the molecule is O=C(c1ccncc1)N1CCC2(C=Cc3ccccc32)CC1. The molecule has 110 valence electrons. The number of hydrogen-bond donors (Lipinski definition) is 0. The molecule has 0 N–H and O–H groups in total. The van der Waals surface area contributed by atoms with Crippen LogP contribution in [0.2, 0.25) is 0 Å². The van der Waals surface area contributed by atoms with E-state index < -0.39 is 0 Å². The number of amides is 1. The third kappa shape index (κ3) is 2.05. The molecule has 3 nitrogen and oxygen atoms in total. The summed E-state index contributed by atoms with van der Waals surface area (Å²) in [4.78, 5) is 18.5. The van der Waals surface area contributed by atoms with E-state index in [-0.39, 0.29) is 11.3 Å². The Hall–Kier alpha value is -2.42. The number of rotatable bonds is 1. The number of benzene rings is 1. The van der Waals surface area contributed by atoms with E-state index >= 15 is 0 Å². The summed E-state index contributed by atoms with van der Waals surface area (Å²) in [7, 11) is 0. The average Bonchev–Trinajstić information content (AvgIpc) is 2.95. The molecule has 1 fully saturated rings. The number of carbonyl (C=O) groups excluding carboxylic acids is 1. The van der Waals surface area contributed by atoms with Crippen molar-refractivity contribution in [2.24, 2.45) is 0 Å². The fourth-order valence-electron chi connectivity index (χ4n) is 3.66. The summed E-state index contributed by atoms with van der Waals surface area (Å²) in [6, 6.07) is 12.2. The second-order valence-electron chi connectivity index (χ2n) is 6.10. The van der Waals surface area contributed by atoms with Gasteiger partial charge in [0.1, 0.15) is 0 Å². The lowest BCUT2D eigenvalue weighted by Crippen LogP contribution is -2.43. The van der Waals surface area contributed by atoms with Crippen LogP contribution in [0.3, 0.4) is 0 Å². The first kappa shape index (κ1) is 13.3. The maximum absolute atomic E-state index is 12.5. The molecule has 0 radical (unpaired) electrons. The molecule has 4 rings (SSSR count). The van der Waals surface area contributed by atoms with Crippen molar-refractivity contribution in [1.29, 1.82) is 0 Å². The van der Waals surface area contributed by atoms with E-state index in [0.29, 0.717) is 0 Å². The van der Waals surface area contributed by atoms with E-state index in [1.807, 2.05) is 4.90 Å². The van der Waals surface area contributed by atoms with E-state index in [0.717, 1.165) is 31.5 Å². The van der Waals surface area contributed by atoms with Crippen molar-refractivity contribution < 1.29 is 4.79 Å². The number of fused-ring (bicyclic) bond motifs is 2. The van der Waals surface area contributed by atoms with Crippen molar-refractivity contribution in [3.8, 4) is 0 Å². The van der Waals surface area contributed by atoms with Gasteiger partial charge in [-0.3, -0.25) is 9.78 Å². The fourth-order valence-corrected chi connectivity index (χ4v) is 3.66. The van der Waals surface area contributed by atoms with E-state index in [1.165, 1.54) is 11.1 Å². The number of allylic oxidation sites excluding steroid dienone is 1. The minimum absolute atomic E-state index is 0.118. The van der Waals surface area contributed by atoms with Crippen molar-refractivity contribution >= 4 is 12.0 Å². The highest BCUT2D eigenvalue weighted by Crippen LogP contribution is 2.43. The minimum atomic E-state index is 0.118. The Morgan fingerprint density at radius 3 is 2.55 bits per heavy atom. The molecular formula is C19H18N2O. The number of piperidine rings is 1. The molecule has 22 heavy (non-hydrogen) atoms. The van der Waals surface area contributed by atoms with E-state index in [4.69, 9.17) is 0 Å². The van der Waals surface area contributed by atoms with Crippen LogP contribution in [-0.4, -0.2) is 28.9 Å². The summed E-state index contributed by atoms with van der Waals surface area (Å²) in [6.07, 6.45) is 9.92. The molecule has 1 spiro atoms. The summed E-state index contributed by atoms with van der Waals surface area (Å²) < 4.78 is 0. The first-order valence-corrected chi connectivity index (χ1v) is 7.77. The van der Waals surface area contributed by atoms with Gasteiger partial charge >= 0.3 is 0 Å². The number of likely N-dealkylation sites (tertiary alicyclic amines) is 1. The summed E-state index contributed by atoms with van der Waals surface area (Å²) in [6.45, 7) is 1.61. The molecule has 3 heteroatoms. The van der Waals surface area contributed by atoms with Crippen LogP contribution >= 0.6 is 0 Å². The molecule has 2 aliphatic rings. The number of carbonyl (C=O) groups is 1. The first-order valence-electron chi connectivity index (χ1n) is 7.77. The van der Waals surface area contributed by atoms with Crippen molar-refractivity contribution in [1.82, 2.24) is 9.88 Å². The molecule has 2 aromatic rings. The zero-order valence-corrected chi connectivity index (χ0v) is 12.4. The summed E-state index contributed by atoms with van der Waals surface area (Å²) in [5, 5.41) is 0. The maximum Gasteiger partial charge on any atom is 0.253 e. The van der Waals surface area contributed by atoms with E-state index in [1.54, 1.807) is 24.5 Å². The highest BCUT2D eigenvalue weighted by molar-refractivity contribution is 5.94. The molecule has 0 unspecified atom stereocenters. The van der Waals surface area contributed by atoms with Crippen LogP contribution in [0.1, 0.15) is 34.3 Å². The van der Waals surface area contributed by atoms with Crippen LogP contribution in [0.15, 0.2) is 54.9 Å². The Bertz CT molecular complexity index is 728. The van der Waals surface area contributed by atoms with Crippen molar-refractivity contribution in [2.75, 3.05) is 13.1 Å². The molecule has 1 aliphatic heterocycles. The Balaban J connectivity index is 1.52. The molecule has 0 atom stereocenters. The number of hydrogen-bond acceptors (Lipinski definition) is 2. The lowest BCUT2D eigenvalue weighted by atomic mass is 9.74. The predicted molar refractivity (Wildman–Crippen MR) is 86.5 cm³/mol. The zero-order valence-electron chi connectivity index (χ0n) is 12.4. The van der Waals surface area contributed by atoms with Crippen molar-refractivity contribution in [2.45, 2.75) is 18.3 Å². The second-order valence-corrected chi connectivity index (χ2v) is 6.10. The molecular weight excluding hydrogens is 272 g/mol. The van der Waals surface area contributed by atoms with Gasteiger partial charge < -0.3 is 4.90 Å². The van der Waals surface area contributed by atoms with Crippen LogP contribution < -0.4 is 0 Å². The van der Waals surface area contributed by atoms with Gasteiger partial charge in [-0.25, -0.2) is 0 Å². The summed E-state index contributed by atoms with van der Waals surface area (Å²) in [5.74, 6) is 0.118. The third-order valence-electron chi connectivity index (χ3n) is 4.95. The monoisotopic (exact) mass is 290 g/mol. The lowest BCUT2D eigenvalue weighted by Gasteiger charge is -2.39. The molecule has 1 saturated heterocycles. The molecule has 0 saturated carbocycles. The Labute approximate surface area is 130 Å². The van der Waals surface area contributed by atoms with Crippen LogP contribution in [-0.2, 0) is 5.41 Å². The Morgan fingerprint density at radius 2 is 1.77 bits per heavy atom. The van der Waals surface area contributed by atoms with Gasteiger partial charge in [0.15, 0.2) is 0 Å². The predicted octanol–water partition coefficient (Wildman–Crippen LogP) is 3.28.